The Hall–Kier alpha value is -4.66. The van der Waals surface area contributed by atoms with Gasteiger partial charge in [0.05, 0.1) is 24.1 Å². The zero-order valence-electron chi connectivity index (χ0n) is 29.4. The molecular weight excluding hydrogens is 654 g/mol. The Morgan fingerprint density at radius 1 is 0.840 bits per heavy atom. The van der Waals surface area contributed by atoms with Crippen molar-refractivity contribution in [1.29, 1.82) is 0 Å². The number of hydrogen-bond acceptors (Lipinski definition) is 7. The van der Waals surface area contributed by atoms with Gasteiger partial charge in [-0.2, -0.15) is 4.73 Å². The number of carbonyl (C=O) groups is 5. The number of halogens is 2. The van der Waals surface area contributed by atoms with Crippen molar-refractivity contribution in [2.45, 2.75) is 104 Å². The third kappa shape index (κ3) is 13.0. The first kappa shape index (κ1) is 41.5. The second-order valence-electron chi connectivity index (χ2n) is 12.7. The lowest BCUT2D eigenvalue weighted by atomic mass is 9.96. The van der Waals surface area contributed by atoms with E-state index in [2.05, 4.69) is 26.6 Å². The van der Waals surface area contributed by atoms with Crippen molar-refractivity contribution in [3.05, 3.63) is 70.7 Å². The second-order valence-corrected chi connectivity index (χ2v) is 12.7. The summed E-state index contributed by atoms with van der Waals surface area (Å²) in [5, 5.41) is 35.9. The van der Waals surface area contributed by atoms with Gasteiger partial charge in [-0.1, -0.05) is 47.5 Å². The van der Waals surface area contributed by atoms with Gasteiger partial charge in [0.15, 0.2) is 12.4 Å². The van der Waals surface area contributed by atoms with Crippen molar-refractivity contribution < 1.29 is 42.6 Å². The predicted molar refractivity (Wildman–Crippen MR) is 181 cm³/mol. The van der Waals surface area contributed by atoms with Gasteiger partial charge < -0.3 is 36.9 Å². The van der Waals surface area contributed by atoms with Crippen molar-refractivity contribution in [2.24, 2.45) is 11.8 Å². The number of aliphatic hydroxyl groups is 1. The van der Waals surface area contributed by atoms with E-state index in [1.807, 2.05) is 6.92 Å². The lowest BCUT2D eigenvalue weighted by Crippen LogP contribution is -2.58. The number of pyridine rings is 1. The monoisotopic (exact) mass is 704 g/mol. The van der Waals surface area contributed by atoms with Gasteiger partial charge in [0.2, 0.25) is 23.6 Å². The first-order chi connectivity index (χ1) is 23.6. The summed E-state index contributed by atoms with van der Waals surface area (Å²) < 4.78 is 28.7. The smallest absolute Gasteiger partial charge is 0.252 e. The normalized spacial score (nSPS) is 14.8. The highest BCUT2D eigenvalue weighted by Gasteiger charge is 2.33. The summed E-state index contributed by atoms with van der Waals surface area (Å²) in [6.07, 6.45) is 0.968. The van der Waals surface area contributed by atoms with E-state index >= 15 is 0 Å². The van der Waals surface area contributed by atoms with Gasteiger partial charge in [-0.05, 0) is 49.3 Å². The Bertz CT molecular complexity index is 1440. The predicted octanol–water partition coefficient (Wildman–Crippen LogP) is 1.78. The number of aliphatic hydroxyl groups excluding tert-OH is 1. The number of nitrogens with zero attached hydrogens (tertiary/aromatic N) is 1. The van der Waals surface area contributed by atoms with Gasteiger partial charge >= 0.3 is 0 Å². The summed E-state index contributed by atoms with van der Waals surface area (Å²) in [6.45, 7) is 10.9. The topological polar surface area (TPSA) is 193 Å². The summed E-state index contributed by atoms with van der Waals surface area (Å²) in [7, 11) is 0. The molecule has 0 aliphatic carbocycles. The fraction of sp³-hybridized carbons (Fsp3) is 0.543. The Kier molecular flexibility index (Phi) is 16.7. The molecule has 0 saturated carbocycles. The molecule has 0 bridgehead atoms. The molecule has 0 aliphatic heterocycles. The van der Waals surface area contributed by atoms with Crippen LogP contribution < -0.4 is 31.3 Å². The average molecular weight is 705 g/mol. The van der Waals surface area contributed by atoms with E-state index in [1.165, 1.54) is 12.1 Å². The van der Waals surface area contributed by atoms with Gasteiger partial charge in [-0.15, -0.1) is 0 Å². The molecule has 2 rings (SSSR count). The van der Waals surface area contributed by atoms with E-state index in [0.29, 0.717) is 30.2 Å². The molecule has 1 aromatic carbocycles. The summed E-state index contributed by atoms with van der Waals surface area (Å²) >= 11 is 0. The van der Waals surface area contributed by atoms with Crippen molar-refractivity contribution in [1.82, 2.24) is 26.6 Å². The molecule has 2 aromatic rings. The Morgan fingerprint density at radius 2 is 1.46 bits per heavy atom. The number of rotatable bonds is 19. The lowest BCUT2D eigenvalue weighted by Gasteiger charge is -2.29. The minimum Gasteiger partial charge on any atom is -0.619 e. The van der Waals surface area contributed by atoms with E-state index in [1.54, 1.807) is 34.6 Å². The number of carbonyl (C=O) groups excluding carboxylic acids is 5. The molecule has 0 fully saturated rings. The van der Waals surface area contributed by atoms with Gasteiger partial charge in [0, 0.05) is 24.7 Å². The van der Waals surface area contributed by atoms with Crippen LogP contribution >= 0.6 is 0 Å². The van der Waals surface area contributed by atoms with Crippen molar-refractivity contribution in [3.63, 3.8) is 0 Å². The fourth-order valence-corrected chi connectivity index (χ4v) is 5.24. The SMILES string of the molecule is CCC[C@H](NC(=O)[C@@H](NC(=O)c1cc[n+]([O-])cc1)C(C)CC)C(=O)N[C@@H](Cc1cc(F)cc(F)c1)[C@@H](O)CC(=O)N[C@H](C(=O)NCC)C(C)C. The van der Waals surface area contributed by atoms with E-state index < -0.39 is 77.9 Å². The maximum atomic E-state index is 14.1. The summed E-state index contributed by atoms with van der Waals surface area (Å²) in [4.78, 5) is 65.7. The molecule has 13 nitrogen and oxygen atoms in total. The van der Waals surface area contributed by atoms with Crippen LogP contribution in [0.3, 0.4) is 0 Å². The number of hydrogen-bond donors (Lipinski definition) is 6. The van der Waals surface area contributed by atoms with Crippen LogP contribution in [0.1, 0.15) is 83.1 Å². The van der Waals surface area contributed by atoms with E-state index in [4.69, 9.17) is 0 Å². The fourth-order valence-electron chi connectivity index (χ4n) is 5.24. The average Bonchev–Trinajstić information content (AvgIpc) is 3.04. The molecule has 50 heavy (non-hydrogen) atoms. The molecule has 0 radical (unpaired) electrons. The summed E-state index contributed by atoms with van der Waals surface area (Å²) in [6, 6.07) is 1.00. The largest absolute Gasteiger partial charge is 0.619 e. The zero-order chi connectivity index (χ0) is 37.5. The first-order valence-corrected chi connectivity index (χ1v) is 16.9. The Morgan fingerprint density at radius 3 is 2.00 bits per heavy atom. The Labute approximate surface area is 291 Å². The zero-order valence-corrected chi connectivity index (χ0v) is 29.4. The van der Waals surface area contributed by atoms with E-state index in [9.17, 15) is 43.1 Å². The molecule has 1 heterocycles. The van der Waals surface area contributed by atoms with Crippen molar-refractivity contribution in [3.8, 4) is 0 Å². The van der Waals surface area contributed by atoms with Gasteiger partial charge in [0.25, 0.3) is 5.91 Å². The standard InChI is InChI=1S/C35H50F2N6O7/c1-7-10-26(39-35(49)31(21(6)8-2)42-32(46)23-11-13-43(50)14-12-23)33(47)40-27(17-22-15-24(36)18-25(37)16-22)28(44)19-29(45)41-30(20(4)5)34(48)38-9-3/h11-16,18,20-21,26-28,30-31,44H,7-10,17,19H2,1-6H3,(H,38,48)(H,39,49)(H,40,47)(H,41,45)(H,42,46)/t21?,26-,27-,28-,30-,31-/m0/s1. The van der Waals surface area contributed by atoms with E-state index in [-0.39, 0.29) is 35.8 Å². The van der Waals surface area contributed by atoms with Crippen LogP contribution in [0.4, 0.5) is 8.78 Å². The number of amides is 5. The summed E-state index contributed by atoms with van der Waals surface area (Å²) in [5.74, 6) is -5.48. The van der Waals surface area contributed by atoms with E-state index in [0.717, 1.165) is 24.5 Å². The van der Waals surface area contributed by atoms with Crippen LogP contribution in [0.25, 0.3) is 0 Å². The van der Waals surface area contributed by atoms with Crippen molar-refractivity contribution >= 4 is 29.5 Å². The van der Waals surface area contributed by atoms with Crippen molar-refractivity contribution in [2.75, 3.05) is 6.54 Å². The van der Waals surface area contributed by atoms with Crippen LogP contribution in [0.5, 0.6) is 0 Å². The first-order valence-electron chi connectivity index (χ1n) is 16.9. The van der Waals surface area contributed by atoms with Gasteiger partial charge in [-0.3, -0.25) is 24.0 Å². The Balaban J connectivity index is 2.31. The van der Waals surface area contributed by atoms with Crippen LogP contribution in [0, 0.1) is 28.7 Å². The molecule has 6 atom stereocenters. The molecule has 276 valence electrons. The number of aromatic nitrogens is 1. The van der Waals surface area contributed by atoms with Gasteiger partial charge in [-0.25, -0.2) is 8.78 Å². The third-order valence-corrected chi connectivity index (χ3v) is 8.24. The highest BCUT2D eigenvalue weighted by atomic mass is 19.1. The van der Waals surface area contributed by atoms with Gasteiger partial charge in [0.1, 0.15) is 29.8 Å². The molecule has 0 saturated heterocycles. The molecule has 1 aromatic heterocycles. The van der Waals surface area contributed by atoms with Crippen LogP contribution in [-0.2, 0) is 25.6 Å². The molecule has 15 heteroatoms. The van der Waals surface area contributed by atoms with Crippen LogP contribution in [0.2, 0.25) is 0 Å². The molecule has 0 spiro atoms. The lowest BCUT2D eigenvalue weighted by molar-refractivity contribution is -0.605. The van der Waals surface area contributed by atoms with Crippen LogP contribution in [-0.4, -0.2) is 71.5 Å². The number of likely N-dealkylation sites (N-methyl/N-ethyl adjacent to an activating group) is 1. The molecular formula is C35H50F2N6O7. The minimum atomic E-state index is -1.57. The molecule has 6 N–H and O–H groups in total. The number of benzene rings is 1. The minimum absolute atomic E-state index is 0.0914. The highest BCUT2D eigenvalue weighted by Crippen LogP contribution is 2.15. The molecule has 5 amide bonds. The van der Waals surface area contributed by atoms with Crippen LogP contribution in [0.15, 0.2) is 42.7 Å². The summed E-state index contributed by atoms with van der Waals surface area (Å²) in [5.41, 5.74) is 0.245. The highest BCUT2D eigenvalue weighted by molar-refractivity contribution is 5.98. The second kappa shape index (κ2) is 20.1. The quantitative estimate of drug-likeness (QED) is 0.0948. The maximum absolute atomic E-state index is 14.1. The molecule has 1 unspecified atom stereocenters. The maximum Gasteiger partial charge on any atom is 0.252 e. The third-order valence-electron chi connectivity index (χ3n) is 8.24. The molecule has 0 aliphatic rings. The number of nitrogens with one attached hydrogen (secondary N) is 5.